The van der Waals surface area contributed by atoms with Gasteiger partial charge in [-0.05, 0) is 30.2 Å². The highest BCUT2D eigenvalue weighted by atomic mass is 16.5. The van der Waals surface area contributed by atoms with E-state index in [-0.39, 0.29) is 12.3 Å². The molecule has 1 aliphatic heterocycles. The summed E-state index contributed by atoms with van der Waals surface area (Å²) in [7, 11) is 1.66. The van der Waals surface area contributed by atoms with E-state index in [2.05, 4.69) is 31.2 Å². The number of likely N-dealkylation sites (tertiary alicyclic amines) is 1. The van der Waals surface area contributed by atoms with Crippen LogP contribution in [-0.4, -0.2) is 35.7 Å². The van der Waals surface area contributed by atoms with Crippen molar-refractivity contribution in [2.75, 3.05) is 13.7 Å². The summed E-state index contributed by atoms with van der Waals surface area (Å²) in [6.07, 6.45) is -0.321. The molecule has 1 N–H and O–H groups in total. The summed E-state index contributed by atoms with van der Waals surface area (Å²) in [5, 5.41) is 9.61. The molecular formula is C19H21NO3. The molecule has 1 aliphatic rings. The summed E-state index contributed by atoms with van der Waals surface area (Å²) in [6.45, 7) is 2.98. The molecule has 0 aromatic heterocycles. The number of hydrogen-bond acceptors (Lipinski definition) is 3. The van der Waals surface area contributed by atoms with Crippen molar-refractivity contribution in [2.45, 2.75) is 26.0 Å². The minimum absolute atomic E-state index is 0.00502. The fraction of sp³-hybridized carbons (Fsp3) is 0.316. The van der Waals surface area contributed by atoms with E-state index in [0.29, 0.717) is 13.1 Å². The predicted molar refractivity (Wildman–Crippen MR) is 89.2 cm³/mol. The van der Waals surface area contributed by atoms with Crippen molar-refractivity contribution in [3.63, 3.8) is 0 Å². The molecule has 1 saturated heterocycles. The van der Waals surface area contributed by atoms with E-state index >= 15 is 0 Å². The standard InChI is InChI=1S/C19H21NO3/c1-13-4-3-5-15(8-13)17-9-14(6-7-18(17)23-2)11-20-12-16(21)10-19(20)22/h3-9,16,21H,10-12H2,1-2H3/t16-/m1/s1. The van der Waals surface area contributed by atoms with Gasteiger partial charge in [0.15, 0.2) is 0 Å². The third-order valence-electron chi connectivity index (χ3n) is 4.16. The quantitative estimate of drug-likeness (QED) is 0.944. The maximum atomic E-state index is 11.9. The molecule has 1 heterocycles. The van der Waals surface area contributed by atoms with Crippen molar-refractivity contribution in [1.82, 2.24) is 4.90 Å². The highest BCUT2D eigenvalue weighted by molar-refractivity contribution is 5.79. The summed E-state index contributed by atoms with van der Waals surface area (Å²) < 4.78 is 5.48. The second kappa shape index (κ2) is 6.42. The van der Waals surface area contributed by atoms with E-state index in [1.807, 2.05) is 18.2 Å². The first kappa shape index (κ1) is 15.6. The SMILES string of the molecule is COc1ccc(CN2C[C@H](O)CC2=O)cc1-c1cccc(C)c1. The molecule has 0 saturated carbocycles. The largest absolute Gasteiger partial charge is 0.496 e. The fourth-order valence-corrected chi connectivity index (χ4v) is 3.02. The first-order valence-electron chi connectivity index (χ1n) is 7.76. The smallest absolute Gasteiger partial charge is 0.225 e. The molecule has 1 amide bonds. The van der Waals surface area contributed by atoms with Gasteiger partial charge in [0.25, 0.3) is 0 Å². The number of nitrogens with zero attached hydrogens (tertiary/aromatic N) is 1. The van der Waals surface area contributed by atoms with Gasteiger partial charge in [-0.25, -0.2) is 0 Å². The van der Waals surface area contributed by atoms with Crippen LogP contribution < -0.4 is 4.74 Å². The van der Waals surface area contributed by atoms with Crippen LogP contribution in [-0.2, 0) is 11.3 Å². The minimum Gasteiger partial charge on any atom is -0.496 e. The monoisotopic (exact) mass is 311 g/mol. The van der Waals surface area contributed by atoms with Crippen molar-refractivity contribution >= 4 is 5.91 Å². The minimum atomic E-state index is -0.544. The van der Waals surface area contributed by atoms with Gasteiger partial charge in [-0.3, -0.25) is 4.79 Å². The third-order valence-corrected chi connectivity index (χ3v) is 4.16. The molecule has 1 fully saturated rings. The second-order valence-electron chi connectivity index (χ2n) is 6.04. The predicted octanol–water partition coefficient (Wildman–Crippen LogP) is 2.76. The average molecular weight is 311 g/mol. The molecule has 2 aromatic rings. The molecule has 3 rings (SSSR count). The lowest BCUT2D eigenvalue weighted by atomic mass is 10.00. The first-order valence-corrected chi connectivity index (χ1v) is 7.76. The van der Waals surface area contributed by atoms with Crippen LogP contribution >= 0.6 is 0 Å². The maximum Gasteiger partial charge on any atom is 0.225 e. The zero-order chi connectivity index (χ0) is 16.4. The summed E-state index contributed by atoms with van der Waals surface area (Å²) >= 11 is 0. The van der Waals surface area contributed by atoms with Gasteiger partial charge in [0.2, 0.25) is 5.91 Å². The number of benzene rings is 2. The van der Waals surface area contributed by atoms with Crippen molar-refractivity contribution in [2.24, 2.45) is 0 Å². The summed E-state index contributed by atoms with van der Waals surface area (Å²) in [6, 6.07) is 14.2. The van der Waals surface area contributed by atoms with Gasteiger partial charge < -0.3 is 14.7 Å². The van der Waals surface area contributed by atoms with E-state index < -0.39 is 6.10 Å². The first-order chi connectivity index (χ1) is 11.1. The molecule has 0 radical (unpaired) electrons. The maximum absolute atomic E-state index is 11.9. The van der Waals surface area contributed by atoms with Crippen LogP contribution in [0, 0.1) is 6.92 Å². The molecule has 1 atom stereocenters. The Balaban J connectivity index is 1.92. The van der Waals surface area contributed by atoms with Crippen LogP contribution in [0.2, 0.25) is 0 Å². The molecule has 4 nitrogen and oxygen atoms in total. The molecular weight excluding hydrogens is 290 g/mol. The molecule has 0 aliphatic carbocycles. The fourth-order valence-electron chi connectivity index (χ4n) is 3.02. The summed E-state index contributed by atoms with van der Waals surface area (Å²) in [5.41, 5.74) is 4.33. The number of hydrogen-bond donors (Lipinski definition) is 1. The van der Waals surface area contributed by atoms with Crippen LogP contribution in [0.5, 0.6) is 5.75 Å². The number of β-amino-alcohol motifs (C(OH)–C–C–N with tert-alkyl or cyclic N) is 1. The molecule has 2 aromatic carbocycles. The number of aryl methyl sites for hydroxylation is 1. The molecule has 4 heteroatoms. The number of methoxy groups -OCH3 is 1. The van der Waals surface area contributed by atoms with E-state index in [4.69, 9.17) is 4.74 Å². The Morgan fingerprint density at radius 3 is 2.74 bits per heavy atom. The van der Waals surface area contributed by atoms with Crippen molar-refractivity contribution in [1.29, 1.82) is 0 Å². The summed E-state index contributed by atoms with van der Waals surface area (Å²) in [5.74, 6) is 0.817. The Labute approximate surface area is 136 Å². The van der Waals surface area contributed by atoms with Gasteiger partial charge in [-0.15, -0.1) is 0 Å². The van der Waals surface area contributed by atoms with Gasteiger partial charge in [0.1, 0.15) is 5.75 Å². The van der Waals surface area contributed by atoms with Gasteiger partial charge in [0.05, 0.1) is 19.6 Å². The van der Waals surface area contributed by atoms with Gasteiger partial charge in [-0.1, -0.05) is 35.9 Å². The molecule has 120 valence electrons. The van der Waals surface area contributed by atoms with E-state index in [1.54, 1.807) is 12.0 Å². The number of carbonyl (C=O) groups excluding carboxylic acids is 1. The van der Waals surface area contributed by atoms with Crippen LogP contribution in [0.4, 0.5) is 0 Å². The number of aliphatic hydroxyl groups excluding tert-OH is 1. The molecule has 0 bridgehead atoms. The van der Waals surface area contributed by atoms with Crippen molar-refractivity contribution in [3.8, 4) is 16.9 Å². The molecule has 23 heavy (non-hydrogen) atoms. The van der Waals surface area contributed by atoms with Crippen molar-refractivity contribution < 1.29 is 14.6 Å². The number of ether oxygens (including phenoxy) is 1. The van der Waals surface area contributed by atoms with Gasteiger partial charge in [0, 0.05) is 18.7 Å². The normalized spacial score (nSPS) is 17.6. The van der Waals surface area contributed by atoms with E-state index in [9.17, 15) is 9.90 Å². The average Bonchev–Trinajstić information content (AvgIpc) is 2.85. The van der Waals surface area contributed by atoms with E-state index in [0.717, 1.165) is 22.4 Å². The highest BCUT2D eigenvalue weighted by Crippen LogP contribution is 2.32. The van der Waals surface area contributed by atoms with Crippen LogP contribution in [0.3, 0.4) is 0 Å². The Hall–Kier alpha value is -2.33. The zero-order valence-corrected chi connectivity index (χ0v) is 13.5. The molecule has 0 unspecified atom stereocenters. The number of aliphatic hydroxyl groups is 1. The highest BCUT2D eigenvalue weighted by Gasteiger charge is 2.27. The van der Waals surface area contributed by atoms with Crippen LogP contribution in [0.1, 0.15) is 17.5 Å². The Morgan fingerprint density at radius 1 is 1.26 bits per heavy atom. The lowest BCUT2D eigenvalue weighted by Crippen LogP contribution is -2.25. The zero-order valence-electron chi connectivity index (χ0n) is 13.5. The number of rotatable bonds is 4. The number of carbonyl (C=O) groups is 1. The van der Waals surface area contributed by atoms with E-state index in [1.165, 1.54) is 5.56 Å². The Morgan fingerprint density at radius 2 is 2.09 bits per heavy atom. The van der Waals surface area contributed by atoms with Crippen LogP contribution in [0.15, 0.2) is 42.5 Å². The Bertz CT molecular complexity index is 726. The second-order valence-corrected chi connectivity index (χ2v) is 6.04. The lowest BCUT2D eigenvalue weighted by Gasteiger charge is -2.17. The van der Waals surface area contributed by atoms with Crippen LogP contribution in [0.25, 0.3) is 11.1 Å². The molecule has 0 spiro atoms. The van der Waals surface area contributed by atoms with Crippen molar-refractivity contribution in [3.05, 3.63) is 53.6 Å². The topological polar surface area (TPSA) is 49.8 Å². The summed E-state index contributed by atoms with van der Waals surface area (Å²) in [4.78, 5) is 13.6. The number of amides is 1. The van der Waals surface area contributed by atoms with Gasteiger partial charge in [-0.2, -0.15) is 0 Å². The lowest BCUT2D eigenvalue weighted by molar-refractivity contribution is -0.128. The third kappa shape index (κ3) is 3.37. The van der Waals surface area contributed by atoms with Gasteiger partial charge >= 0.3 is 0 Å². The Kier molecular flexibility index (Phi) is 4.35.